The molecule has 1 aromatic heterocycles. The van der Waals surface area contributed by atoms with Crippen molar-refractivity contribution in [1.29, 1.82) is 5.26 Å². The molecule has 0 atom stereocenters. The van der Waals surface area contributed by atoms with E-state index in [0.717, 1.165) is 6.07 Å². The lowest BCUT2D eigenvalue weighted by Crippen LogP contribution is -2.09. The molecular formula is C13H7ClF3N3. The summed E-state index contributed by atoms with van der Waals surface area (Å²) in [4.78, 5) is 3.86. The second-order valence-corrected chi connectivity index (χ2v) is 4.26. The molecule has 0 fully saturated rings. The zero-order valence-corrected chi connectivity index (χ0v) is 10.6. The van der Waals surface area contributed by atoms with Crippen LogP contribution >= 0.6 is 11.6 Å². The van der Waals surface area contributed by atoms with Crippen LogP contribution in [-0.4, -0.2) is 4.98 Å². The number of benzene rings is 1. The second kappa shape index (κ2) is 5.39. The third kappa shape index (κ3) is 3.00. The van der Waals surface area contributed by atoms with Gasteiger partial charge in [-0.25, -0.2) is 4.98 Å². The predicted octanol–water partition coefficient (Wildman–Crippen LogP) is 4.37. The number of halogens is 4. The maximum absolute atomic E-state index is 12.9. The minimum Gasteiger partial charge on any atom is -0.339 e. The maximum atomic E-state index is 12.9. The Morgan fingerprint density at radius 3 is 2.65 bits per heavy atom. The number of nitrogens with one attached hydrogen (secondary N) is 1. The van der Waals surface area contributed by atoms with E-state index in [-0.39, 0.29) is 22.1 Å². The largest absolute Gasteiger partial charge is 0.418 e. The van der Waals surface area contributed by atoms with Gasteiger partial charge in [0.15, 0.2) is 0 Å². The highest BCUT2D eigenvalue weighted by molar-refractivity contribution is 6.30. The highest BCUT2D eigenvalue weighted by Crippen LogP contribution is 2.37. The van der Waals surface area contributed by atoms with E-state index in [1.165, 1.54) is 30.5 Å². The molecule has 0 aliphatic carbocycles. The molecule has 0 aliphatic rings. The van der Waals surface area contributed by atoms with Crippen molar-refractivity contribution in [2.75, 3.05) is 5.32 Å². The lowest BCUT2D eigenvalue weighted by Gasteiger charge is -2.14. The Bertz CT molecular complexity index is 677. The number of aromatic nitrogens is 1. The van der Waals surface area contributed by atoms with Gasteiger partial charge in [0.1, 0.15) is 11.9 Å². The highest BCUT2D eigenvalue weighted by atomic mass is 35.5. The molecule has 3 nitrogen and oxygen atoms in total. The Balaban J connectivity index is 2.47. The number of hydrogen-bond donors (Lipinski definition) is 1. The Labute approximate surface area is 117 Å². The number of alkyl halides is 3. The quantitative estimate of drug-likeness (QED) is 0.895. The molecule has 2 aromatic rings. The molecule has 0 saturated heterocycles. The van der Waals surface area contributed by atoms with Gasteiger partial charge in [-0.1, -0.05) is 11.6 Å². The Kier molecular flexibility index (Phi) is 3.81. The van der Waals surface area contributed by atoms with Gasteiger partial charge in [-0.05, 0) is 30.3 Å². The molecule has 2 rings (SSSR count). The molecule has 0 aliphatic heterocycles. The fourth-order valence-corrected chi connectivity index (χ4v) is 1.75. The number of nitrogens with zero attached hydrogens (tertiary/aromatic N) is 2. The summed E-state index contributed by atoms with van der Waals surface area (Å²) in [7, 11) is 0. The molecule has 0 bridgehead atoms. The number of rotatable bonds is 2. The van der Waals surface area contributed by atoms with Crippen molar-refractivity contribution in [3.63, 3.8) is 0 Å². The maximum Gasteiger partial charge on any atom is 0.418 e. The lowest BCUT2D eigenvalue weighted by atomic mass is 10.1. The number of anilines is 2. The topological polar surface area (TPSA) is 48.7 Å². The van der Waals surface area contributed by atoms with Crippen LogP contribution in [-0.2, 0) is 6.18 Å². The van der Waals surface area contributed by atoms with E-state index in [1.807, 2.05) is 6.07 Å². The summed E-state index contributed by atoms with van der Waals surface area (Å²) in [5.41, 5.74) is -0.979. The molecule has 0 saturated carbocycles. The minimum atomic E-state index is -4.56. The summed E-state index contributed by atoms with van der Waals surface area (Å²) in [5.74, 6) is 0.0582. The fourth-order valence-electron chi connectivity index (χ4n) is 1.58. The van der Waals surface area contributed by atoms with Gasteiger partial charge in [-0.3, -0.25) is 0 Å². The van der Waals surface area contributed by atoms with Crippen LogP contribution in [0.2, 0.25) is 5.02 Å². The van der Waals surface area contributed by atoms with E-state index in [1.54, 1.807) is 0 Å². The van der Waals surface area contributed by atoms with Crippen LogP contribution in [0.1, 0.15) is 11.1 Å². The van der Waals surface area contributed by atoms with Crippen LogP contribution in [0, 0.1) is 11.3 Å². The molecule has 1 heterocycles. The molecule has 20 heavy (non-hydrogen) atoms. The summed E-state index contributed by atoms with van der Waals surface area (Å²) in [6.07, 6.45) is -3.18. The summed E-state index contributed by atoms with van der Waals surface area (Å²) in [5, 5.41) is 11.4. The first kappa shape index (κ1) is 14.2. The van der Waals surface area contributed by atoms with Crippen molar-refractivity contribution in [2.24, 2.45) is 0 Å². The first-order valence-corrected chi connectivity index (χ1v) is 5.78. The summed E-state index contributed by atoms with van der Waals surface area (Å²) >= 11 is 5.59. The molecule has 0 unspecified atom stereocenters. The standard InChI is InChI=1S/C13H7ClF3N3/c14-9-3-4-11(10(6-9)13(15,16)17)20-12-8(7-18)2-1-5-19-12/h1-6H,(H,19,20). The van der Waals surface area contributed by atoms with Crippen molar-refractivity contribution in [3.8, 4) is 6.07 Å². The van der Waals surface area contributed by atoms with E-state index in [2.05, 4.69) is 10.3 Å². The third-order valence-electron chi connectivity index (χ3n) is 2.47. The monoisotopic (exact) mass is 297 g/mol. The third-order valence-corrected chi connectivity index (χ3v) is 2.70. The Morgan fingerprint density at radius 2 is 2.00 bits per heavy atom. The average Bonchev–Trinajstić information content (AvgIpc) is 2.40. The van der Waals surface area contributed by atoms with Gasteiger partial charge >= 0.3 is 6.18 Å². The molecule has 0 spiro atoms. The Hall–Kier alpha value is -2.26. The SMILES string of the molecule is N#Cc1cccnc1Nc1ccc(Cl)cc1C(F)(F)F. The van der Waals surface area contributed by atoms with Crippen LogP contribution in [0.4, 0.5) is 24.7 Å². The first-order chi connectivity index (χ1) is 9.41. The number of pyridine rings is 1. The predicted molar refractivity (Wildman–Crippen MR) is 68.7 cm³/mol. The van der Waals surface area contributed by atoms with Gasteiger partial charge in [-0.2, -0.15) is 18.4 Å². The molecule has 1 N–H and O–H groups in total. The van der Waals surface area contributed by atoms with E-state index in [0.29, 0.717) is 0 Å². The van der Waals surface area contributed by atoms with Crippen LogP contribution in [0.3, 0.4) is 0 Å². The molecule has 102 valence electrons. The second-order valence-electron chi connectivity index (χ2n) is 3.82. The highest BCUT2D eigenvalue weighted by Gasteiger charge is 2.34. The number of nitriles is 1. The fraction of sp³-hybridized carbons (Fsp3) is 0.0769. The van der Waals surface area contributed by atoms with Gasteiger partial charge in [0.05, 0.1) is 16.8 Å². The average molecular weight is 298 g/mol. The van der Waals surface area contributed by atoms with Crippen molar-refractivity contribution < 1.29 is 13.2 Å². The molecular weight excluding hydrogens is 291 g/mol. The van der Waals surface area contributed by atoms with Crippen molar-refractivity contribution in [2.45, 2.75) is 6.18 Å². The zero-order chi connectivity index (χ0) is 14.8. The van der Waals surface area contributed by atoms with E-state index < -0.39 is 11.7 Å². The zero-order valence-electron chi connectivity index (χ0n) is 9.87. The molecule has 0 amide bonds. The Morgan fingerprint density at radius 1 is 1.25 bits per heavy atom. The summed E-state index contributed by atoms with van der Waals surface area (Å²) < 4.78 is 38.8. The van der Waals surface area contributed by atoms with Crippen molar-refractivity contribution in [1.82, 2.24) is 4.98 Å². The molecule has 0 radical (unpaired) electrons. The van der Waals surface area contributed by atoms with E-state index >= 15 is 0 Å². The first-order valence-electron chi connectivity index (χ1n) is 5.40. The van der Waals surface area contributed by atoms with Gasteiger partial charge in [0, 0.05) is 11.2 Å². The van der Waals surface area contributed by atoms with Gasteiger partial charge in [0.2, 0.25) is 0 Å². The van der Waals surface area contributed by atoms with Crippen LogP contribution < -0.4 is 5.32 Å². The van der Waals surface area contributed by atoms with Crippen molar-refractivity contribution >= 4 is 23.1 Å². The van der Waals surface area contributed by atoms with Crippen LogP contribution in [0.15, 0.2) is 36.5 Å². The lowest BCUT2D eigenvalue weighted by molar-refractivity contribution is -0.136. The molecule has 1 aromatic carbocycles. The van der Waals surface area contributed by atoms with E-state index in [9.17, 15) is 13.2 Å². The van der Waals surface area contributed by atoms with Gasteiger partial charge < -0.3 is 5.32 Å². The molecule has 7 heteroatoms. The summed E-state index contributed by atoms with van der Waals surface area (Å²) in [6, 6.07) is 8.18. The summed E-state index contributed by atoms with van der Waals surface area (Å²) in [6.45, 7) is 0. The van der Waals surface area contributed by atoms with Gasteiger partial charge in [-0.15, -0.1) is 0 Å². The van der Waals surface area contributed by atoms with Crippen LogP contribution in [0.5, 0.6) is 0 Å². The smallest absolute Gasteiger partial charge is 0.339 e. The van der Waals surface area contributed by atoms with E-state index in [4.69, 9.17) is 16.9 Å². The van der Waals surface area contributed by atoms with Gasteiger partial charge in [0.25, 0.3) is 0 Å². The minimum absolute atomic E-state index is 0.0237. The normalized spacial score (nSPS) is 10.9. The van der Waals surface area contributed by atoms with Crippen LogP contribution in [0.25, 0.3) is 0 Å². The van der Waals surface area contributed by atoms with Crippen molar-refractivity contribution in [3.05, 3.63) is 52.7 Å². The number of hydrogen-bond acceptors (Lipinski definition) is 3.